The van der Waals surface area contributed by atoms with Gasteiger partial charge in [0.25, 0.3) is 17.6 Å². The summed E-state index contributed by atoms with van der Waals surface area (Å²) in [6, 6.07) is 14.8. The Labute approximate surface area is 278 Å². The molecule has 4 rings (SSSR count). The van der Waals surface area contributed by atoms with Crippen molar-refractivity contribution in [3.63, 3.8) is 0 Å². The number of halogens is 3. The van der Waals surface area contributed by atoms with Crippen LogP contribution < -0.4 is 75.5 Å². The van der Waals surface area contributed by atoms with Crippen molar-refractivity contribution in [2.24, 2.45) is 14.1 Å². The van der Waals surface area contributed by atoms with Gasteiger partial charge in [-0.3, -0.25) is 14.4 Å². The summed E-state index contributed by atoms with van der Waals surface area (Å²) in [5.74, 6) is 0. The van der Waals surface area contributed by atoms with Crippen molar-refractivity contribution in [1.82, 2.24) is 9.13 Å². The maximum Gasteiger partial charge on any atom is 1.00 e. The van der Waals surface area contributed by atoms with E-state index in [0.717, 1.165) is 36.3 Å². The van der Waals surface area contributed by atoms with E-state index >= 15 is 0 Å². The van der Waals surface area contributed by atoms with Crippen LogP contribution in [0.2, 0.25) is 0 Å². The normalized spacial score (nSPS) is 9.64. The molecular formula is C23H21Br3N2Na2O6. The zero-order chi connectivity index (χ0) is 25.4. The standard InChI is InChI=1S/C11H9Br2NO.C11H10BrNO2.CH2O3.2Na.H/c1-14-10-5-8(13)2-3-9(10)7(6-12)4-11(14)15;1-13-10-5-8(12)2-3-9(10)7(6-14)4-11(13)15;2-1-4-3;;;/h2-5H,6H2,1H3;2-5,14H,6H2,1H3;1,3H;;;/q;;;2*+1;-1/p-1. The van der Waals surface area contributed by atoms with E-state index in [9.17, 15) is 9.59 Å². The predicted molar refractivity (Wildman–Crippen MR) is 141 cm³/mol. The molecule has 0 aliphatic carbocycles. The van der Waals surface area contributed by atoms with Crippen LogP contribution in [-0.4, -0.2) is 20.7 Å². The number of benzene rings is 2. The van der Waals surface area contributed by atoms with Crippen LogP contribution in [-0.2, 0) is 35.7 Å². The Balaban J connectivity index is 0. The van der Waals surface area contributed by atoms with Gasteiger partial charge in [0.2, 0.25) is 0 Å². The van der Waals surface area contributed by atoms with Gasteiger partial charge < -0.3 is 25.8 Å². The summed E-state index contributed by atoms with van der Waals surface area (Å²) < 4.78 is 5.13. The zero-order valence-electron chi connectivity index (χ0n) is 21.1. The fourth-order valence-corrected chi connectivity index (χ4v) is 4.40. The smallest absolute Gasteiger partial charge is 1.00 e. The molecule has 0 aliphatic rings. The molecule has 4 aromatic rings. The van der Waals surface area contributed by atoms with E-state index in [1.54, 1.807) is 29.3 Å². The number of rotatable bonds is 3. The molecule has 0 spiro atoms. The maximum atomic E-state index is 11.7. The summed E-state index contributed by atoms with van der Waals surface area (Å²) in [5.41, 5.74) is 3.38. The number of aliphatic hydroxyl groups excluding tert-OH is 1. The number of aliphatic hydroxyl groups is 1. The van der Waals surface area contributed by atoms with Gasteiger partial charge in [0.1, 0.15) is 0 Å². The van der Waals surface area contributed by atoms with Gasteiger partial charge in [-0.1, -0.05) is 59.9 Å². The van der Waals surface area contributed by atoms with Crippen molar-refractivity contribution >= 4 is 76.1 Å². The number of aromatic nitrogens is 2. The molecule has 0 bridgehead atoms. The fourth-order valence-electron chi connectivity index (χ4n) is 3.23. The van der Waals surface area contributed by atoms with E-state index in [1.807, 2.05) is 36.4 Å². The Morgan fingerprint density at radius 3 is 1.64 bits per heavy atom. The number of fused-ring (bicyclic) bond motifs is 2. The van der Waals surface area contributed by atoms with Gasteiger partial charge in [0.15, 0.2) is 0 Å². The van der Waals surface area contributed by atoms with Crippen molar-refractivity contribution in [2.75, 3.05) is 0 Å². The first-order valence-electron chi connectivity index (χ1n) is 9.63. The van der Waals surface area contributed by atoms with Crippen molar-refractivity contribution in [3.05, 3.63) is 89.3 Å². The van der Waals surface area contributed by atoms with E-state index in [2.05, 4.69) is 52.7 Å². The summed E-state index contributed by atoms with van der Waals surface area (Å²) in [4.78, 5) is 34.5. The number of hydrogen-bond acceptors (Lipinski definition) is 6. The van der Waals surface area contributed by atoms with E-state index in [1.165, 1.54) is 6.07 Å². The van der Waals surface area contributed by atoms with E-state index < -0.39 is 0 Å². The van der Waals surface area contributed by atoms with Crippen LogP contribution in [0.5, 0.6) is 0 Å². The molecule has 2 aromatic carbocycles. The molecule has 0 fully saturated rings. The van der Waals surface area contributed by atoms with Gasteiger partial charge in [-0.25, -0.2) is 0 Å². The van der Waals surface area contributed by atoms with Gasteiger partial charge in [-0.2, -0.15) is 0 Å². The number of pyridine rings is 2. The van der Waals surface area contributed by atoms with Crippen LogP contribution in [0, 0.1) is 0 Å². The van der Waals surface area contributed by atoms with Crippen molar-refractivity contribution < 1.29 is 80.6 Å². The first-order valence-corrected chi connectivity index (χ1v) is 12.3. The van der Waals surface area contributed by atoms with Gasteiger partial charge in [-0.05, 0) is 35.4 Å². The predicted octanol–water partition coefficient (Wildman–Crippen LogP) is -2.46. The van der Waals surface area contributed by atoms with Crippen molar-refractivity contribution in [3.8, 4) is 0 Å². The molecule has 0 atom stereocenters. The van der Waals surface area contributed by atoms with Crippen LogP contribution in [0.4, 0.5) is 0 Å². The molecule has 0 saturated carbocycles. The fraction of sp³-hybridized carbons (Fsp3) is 0.174. The van der Waals surface area contributed by atoms with Crippen molar-refractivity contribution in [1.29, 1.82) is 0 Å². The molecule has 1 N–H and O–H groups in total. The van der Waals surface area contributed by atoms with Crippen LogP contribution in [0.1, 0.15) is 12.6 Å². The van der Waals surface area contributed by atoms with Crippen LogP contribution >= 0.6 is 47.8 Å². The number of aryl methyl sites for hydroxylation is 2. The van der Waals surface area contributed by atoms with Crippen LogP contribution in [0.25, 0.3) is 21.8 Å². The minimum Gasteiger partial charge on any atom is -1.00 e. The molecule has 2 aromatic heterocycles. The molecular weight excluding hydrogens is 686 g/mol. The van der Waals surface area contributed by atoms with Gasteiger partial charge in [0, 0.05) is 51.3 Å². The third-order valence-electron chi connectivity index (χ3n) is 4.94. The first kappa shape index (κ1) is 35.7. The van der Waals surface area contributed by atoms with E-state index in [-0.39, 0.29) is 84.7 Å². The molecule has 8 nitrogen and oxygen atoms in total. The zero-order valence-corrected chi connectivity index (χ0v) is 28.9. The molecule has 0 aliphatic heterocycles. The number of carbonyl (C=O) groups is 1. The quantitative estimate of drug-likeness (QED) is 0.0833. The Morgan fingerprint density at radius 2 is 1.28 bits per heavy atom. The summed E-state index contributed by atoms with van der Waals surface area (Å²) in [6.07, 6.45) is 0. The number of alkyl halides is 1. The van der Waals surface area contributed by atoms with Gasteiger partial charge >= 0.3 is 59.1 Å². The third kappa shape index (κ3) is 9.16. The Morgan fingerprint density at radius 1 is 0.889 bits per heavy atom. The topological polar surface area (TPSA) is 114 Å². The van der Waals surface area contributed by atoms with Crippen molar-refractivity contribution in [2.45, 2.75) is 11.9 Å². The monoisotopic (exact) mass is 704 g/mol. The summed E-state index contributed by atoms with van der Waals surface area (Å²) in [5, 5.41) is 20.3. The molecule has 2 heterocycles. The first-order chi connectivity index (χ1) is 16.2. The Kier molecular flexibility index (Phi) is 17.2. The minimum atomic E-state index is -0.181. The van der Waals surface area contributed by atoms with Crippen LogP contribution in [0.3, 0.4) is 0 Å². The third-order valence-corrected chi connectivity index (χ3v) is 6.53. The van der Waals surface area contributed by atoms with E-state index in [4.69, 9.17) is 15.2 Å². The SMILES string of the molecule is Cn1c(=O)cc(CBr)c2ccc(Br)cc21.Cn1c(=O)cc(CO)c2ccc(Br)cc21.O=CO[O-].[H-].[Na+].[Na+]. The minimum absolute atomic E-state index is 0. The summed E-state index contributed by atoms with van der Waals surface area (Å²) in [7, 11) is 3.51. The second-order valence-electron chi connectivity index (χ2n) is 6.94. The number of nitrogens with zero attached hydrogens (tertiary/aromatic N) is 2. The Bertz CT molecular complexity index is 1350. The van der Waals surface area contributed by atoms with Gasteiger partial charge in [-0.15, -0.1) is 0 Å². The largest absolute Gasteiger partial charge is 1.00 e. The molecule has 182 valence electrons. The average molecular weight is 707 g/mol. The number of hydrogen-bond donors (Lipinski definition) is 1. The molecule has 0 unspecified atom stereocenters. The summed E-state index contributed by atoms with van der Waals surface area (Å²) in [6.45, 7) is -0.297. The van der Waals surface area contributed by atoms with E-state index in [0.29, 0.717) is 10.9 Å². The average Bonchev–Trinajstić information content (AvgIpc) is 2.84. The van der Waals surface area contributed by atoms with Gasteiger partial charge in [0.05, 0.1) is 17.6 Å². The number of carbonyl (C=O) groups excluding carboxylic acids is 1. The molecule has 0 radical (unpaired) electrons. The summed E-state index contributed by atoms with van der Waals surface area (Å²) >= 11 is 10.2. The molecule has 0 amide bonds. The maximum absolute atomic E-state index is 11.7. The Hall–Kier alpha value is -0.310. The second-order valence-corrected chi connectivity index (χ2v) is 9.33. The molecule has 13 heteroatoms. The molecule has 0 saturated heterocycles. The molecule has 36 heavy (non-hydrogen) atoms. The van der Waals surface area contributed by atoms with Crippen LogP contribution in [0.15, 0.2) is 67.1 Å². The second kappa shape index (κ2) is 17.3.